The SMILES string of the molecule is CCOC(C)(CC)c1noc(C2(CN)CCCCCC2)n1. The molecule has 5 heteroatoms. The molecule has 1 aromatic heterocycles. The Morgan fingerprint density at radius 2 is 1.90 bits per heavy atom. The molecule has 1 aliphatic rings. The van der Waals surface area contributed by atoms with Crippen molar-refractivity contribution < 1.29 is 9.26 Å². The van der Waals surface area contributed by atoms with Crippen LogP contribution in [0.25, 0.3) is 0 Å². The van der Waals surface area contributed by atoms with Gasteiger partial charge in [0, 0.05) is 13.2 Å². The van der Waals surface area contributed by atoms with Gasteiger partial charge in [-0.25, -0.2) is 0 Å². The van der Waals surface area contributed by atoms with Crippen molar-refractivity contribution in [2.24, 2.45) is 5.73 Å². The largest absolute Gasteiger partial charge is 0.367 e. The van der Waals surface area contributed by atoms with E-state index in [1.165, 1.54) is 25.7 Å². The third-order valence-electron chi connectivity index (χ3n) is 4.94. The van der Waals surface area contributed by atoms with E-state index in [0.717, 1.165) is 19.3 Å². The van der Waals surface area contributed by atoms with E-state index < -0.39 is 5.60 Å². The van der Waals surface area contributed by atoms with Crippen LogP contribution in [0, 0.1) is 0 Å². The topological polar surface area (TPSA) is 74.2 Å². The Balaban J connectivity index is 2.28. The highest BCUT2D eigenvalue weighted by Crippen LogP contribution is 2.38. The summed E-state index contributed by atoms with van der Waals surface area (Å²) in [6, 6.07) is 0. The lowest BCUT2D eigenvalue weighted by molar-refractivity contribution is -0.0403. The van der Waals surface area contributed by atoms with Gasteiger partial charge in [0.05, 0.1) is 5.41 Å². The first-order chi connectivity index (χ1) is 10.1. The smallest absolute Gasteiger partial charge is 0.234 e. The minimum atomic E-state index is -0.475. The predicted molar refractivity (Wildman–Crippen MR) is 82.0 cm³/mol. The Kier molecular flexibility index (Phi) is 5.38. The molecule has 0 bridgehead atoms. The standard InChI is InChI=1S/C16H29N3O2/c1-4-15(3,20-5-2)13-18-14(21-19-13)16(12-17)10-8-6-7-9-11-16/h4-12,17H2,1-3H3. The molecule has 1 heterocycles. The fourth-order valence-corrected chi connectivity index (χ4v) is 3.21. The third-order valence-corrected chi connectivity index (χ3v) is 4.94. The molecule has 2 N–H and O–H groups in total. The van der Waals surface area contributed by atoms with Crippen LogP contribution in [0.1, 0.15) is 77.4 Å². The summed E-state index contributed by atoms with van der Waals surface area (Å²) in [5, 5.41) is 4.21. The second-order valence-electron chi connectivity index (χ2n) is 6.34. The van der Waals surface area contributed by atoms with Crippen molar-refractivity contribution in [1.29, 1.82) is 0 Å². The van der Waals surface area contributed by atoms with Crippen molar-refractivity contribution >= 4 is 0 Å². The van der Waals surface area contributed by atoms with Crippen LogP contribution in [-0.2, 0) is 15.8 Å². The summed E-state index contributed by atoms with van der Waals surface area (Å²) < 4.78 is 11.5. The van der Waals surface area contributed by atoms with Gasteiger partial charge in [-0.3, -0.25) is 0 Å². The number of nitrogens with two attached hydrogens (primary N) is 1. The summed E-state index contributed by atoms with van der Waals surface area (Å²) in [7, 11) is 0. The molecule has 0 aromatic carbocycles. The Bertz CT molecular complexity index is 438. The molecule has 0 saturated heterocycles. The van der Waals surface area contributed by atoms with Gasteiger partial charge in [-0.15, -0.1) is 0 Å². The lowest BCUT2D eigenvalue weighted by Crippen LogP contribution is -2.35. The van der Waals surface area contributed by atoms with Crippen molar-refractivity contribution in [3.05, 3.63) is 11.7 Å². The van der Waals surface area contributed by atoms with E-state index >= 15 is 0 Å². The third kappa shape index (κ3) is 3.29. The van der Waals surface area contributed by atoms with Crippen LogP contribution in [0.2, 0.25) is 0 Å². The Morgan fingerprint density at radius 1 is 1.24 bits per heavy atom. The van der Waals surface area contributed by atoms with Gasteiger partial charge in [-0.05, 0) is 33.1 Å². The average Bonchev–Trinajstić information content (AvgIpc) is 2.88. The Morgan fingerprint density at radius 3 is 2.43 bits per heavy atom. The van der Waals surface area contributed by atoms with Crippen molar-refractivity contribution in [3.8, 4) is 0 Å². The molecule has 0 radical (unpaired) electrons. The summed E-state index contributed by atoms with van der Waals surface area (Å²) >= 11 is 0. The maximum absolute atomic E-state index is 6.09. The zero-order valence-corrected chi connectivity index (χ0v) is 13.7. The van der Waals surface area contributed by atoms with E-state index in [9.17, 15) is 0 Å². The highest BCUT2D eigenvalue weighted by atomic mass is 16.5. The second kappa shape index (κ2) is 6.88. The molecule has 1 saturated carbocycles. The van der Waals surface area contributed by atoms with Crippen LogP contribution < -0.4 is 5.73 Å². The summed E-state index contributed by atoms with van der Waals surface area (Å²) in [6.07, 6.45) is 7.82. The number of aromatic nitrogens is 2. The predicted octanol–water partition coefficient (Wildman–Crippen LogP) is 3.28. The van der Waals surface area contributed by atoms with E-state index in [2.05, 4.69) is 12.1 Å². The van der Waals surface area contributed by atoms with Crippen LogP contribution in [0.3, 0.4) is 0 Å². The van der Waals surface area contributed by atoms with Crippen molar-refractivity contribution in [2.75, 3.05) is 13.2 Å². The molecule has 5 nitrogen and oxygen atoms in total. The van der Waals surface area contributed by atoms with Gasteiger partial charge in [-0.1, -0.05) is 37.8 Å². The van der Waals surface area contributed by atoms with E-state index in [-0.39, 0.29) is 5.41 Å². The Labute approximate surface area is 127 Å². The van der Waals surface area contributed by atoms with E-state index in [1.807, 2.05) is 13.8 Å². The summed E-state index contributed by atoms with van der Waals surface area (Å²) in [5.74, 6) is 1.36. The average molecular weight is 295 g/mol. The summed E-state index contributed by atoms with van der Waals surface area (Å²) in [5.41, 5.74) is 5.48. The summed E-state index contributed by atoms with van der Waals surface area (Å²) in [6.45, 7) is 7.30. The van der Waals surface area contributed by atoms with Crippen molar-refractivity contribution in [1.82, 2.24) is 10.1 Å². The normalized spacial score (nSPS) is 21.7. The van der Waals surface area contributed by atoms with Gasteiger partial charge in [0.25, 0.3) is 0 Å². The van der Waals surface area contributed by atoms with Crippen LogP contribution in [0.5, 0.6) is 0 Å². The fraction of sp³-hybridized carbons (Fsp3) is 0.875. The lowest BCUT2D eigenvalue weighted by Gasteiger charge is -2.27. The molecule has 1 aromatic rings. The quantitative estimate of drug-likeness (QED) is 0.815. The molecule has 1 aliphatic carbocycles. The van der Waals surface area contributed by atoms with Gasteiger partial charge in [0.2, 0.25) is 11.7 Å². The van der Waals surface area contributed by atoms with E-state index in [0.29, 0.717) is 24.9 Å². The molecule has 0 spiro atoms. The van der Waals surface area contributed by atoms with Crippen LogP contribution in [-0.4, -0.2) is 23.3 Å². The van der Waals surface area contributed by atoms with E-state index in [1.54, 1.807) is 0 Å². The molecule has 0 amide bonds. The van der Waals surface area contributed by atoms with Gasteiger partial charge < -0.3 is 15.0 Å². The second-order valence-corrected chi connectivity index (χ2v) is 6.34. The monoisotopic (exact) mass is 295 g/mol. The van der Waals surface area contributed by atoms with Crippen LogP contribution >= 0.6 is 0 Å². The zero-order valence-electron chi connectivity index (χ0n) is 13.7. The van der Waals surface area contributed by atoms with Crippen molar-refractivity contribution in [2.45, 2.75) is 76.7 Å². The lowest BCUT2D eigenvalue weighted by atomic mass is 9.80. The molecule has 1 unspecified atom stereocenters. The fourth-order valence-electron chi connectivity index (χ4n) is 3.21. The highest BCUT2D eigenvalue weighted by Gasteiger charge is 2.39. The van der Waals surface area contributed by atoms with E-state index in [4.69, 9.17) is 20.0 Å². The first kappa shape index (κ1) is 16.4. The molecule has 1 fully saturated rings. The Hall–Kier alpha value is -0.940. The highest BCUT2D eigenvalue weighted by molar-refractivity contribution is 5.10. The minimum Gasteiger partial charge on any atom is -0.367 e. The molecular formula is C16H29N3O2. The van der Waals surface area contributed by atoms with Gasteiger partial charge in [0.1, 0.15) is 5.60 Å². The van der Waals surface area contributed by atoms with Crippen LogP contribution in [0.15, 0.2) is 4.52 Å². The summed E-state index contributed by atoms with van der Waals surface area (Å²) in [4.78, 5) is 4.70. The molecule has 120 valence electrons. The van der Waals surface area contributed by atoms with Crippen LogP contribution in [0.4, 0.5) is 0 Å². The molecule has 2 rings (SSSR count). The number of nitrogens with zero attached hydrogens (tertiary/aromatic N) is 2. The zero-order chi connectivity index (χ0) is 15.3. The number of hydrogen-bond donors (Lipinski definition) is 1. The van der Waals surface area contributed by atoms with Gasteiger partial charge in [0.15, 0.2) is 0 Å². The van der Waals surface area contributed by atoms with Gasteiger partial charge in [-0.2, -0.15) is 4.98 Å². The molecule has 21 heavy (non-hydrogen) atoms. The maximum Gasteiger partial charge on any atom is 0.234 e. The number of ether oxygens (including phenoxy) is 1. The first-order valence-electron chi connectivity index (χ1n) is 8.29. The minimum absolute atomic E-state index is 0.136. The number of rotatable bonds is 6. The molecule has 0 aliphatic heterocycles. The first-order valence-corrected chi connectivity index (χ1v) is 8.29. The molecule has 1 atom stereocenters. The maximum atomic E-state index is 6.09. The number of hydrogen-bond acceptors (Lipinski definition) is 5. The van der Waals surface area contributed by atoms with Gasteiger partial charge >= 0.3 is 0 Å². The van der Waals surface area contributed by atoms with Crippen molar-refractivity contribution in [3.63, 3.8) is 0 Å². The molecular weight excluding hydrogens is 266 g/mol.